The summed E-state index contributed by atoms with van der Waals surface area (Å²) >= 11 is 8.98. The van der Waals surface area contributed by atoms with E-state index in [0.29, 0.717) is 11.6 Å². The van der Waals surface area contributed by atoms with Crippen LogP contribution < -0.4 is 5.32 Å². The lowest BCUT2D eigenvalue weighted by atomic mass is 10.2. The van der Waals surface area contributed by atoms with Gasteiger partial charge in [0.2, 0.25) is 5.91 Å². The van der Waals surface area contributed by atoms with E-state index in [-0.39, 0.29) is 5.91 Å². The molecule has 2 aromatic heterocycles. The molecular formula is C15H14ClN5OS2. The van der Waals surface area contributed by atoms with Crippen LogP contribution in [0.25, 0.3) is 11.4 Å². The van der Waals surface area contributed by atoms with Crippen LogP contribution >= 0.6 is 34.7 Å². The Morgan fingerprint density at radius 1 is 1.38 bits per heavy atom. The first-order valence-electron chi connectivity index (χ1n) is 7.06. The minimum absolute atomic E-state index is 0.0455. The zero-order chi connectivity index (χ0) is 16.9. The number of anilines is 1. The summed E-state index contributed by atoms with van der Waals surface area (Å²) in [5.74, 6) is 1.76. The predicted molar refractivity (Wildman–Crippen MR) is 98.4 cm³/mol. The summed E-state index contributed by atoms with van der Waals surface area (Å²) in [6.07, 6.45) is 0. The third kappa shape index (κ3) is 4.34. The van der Waals surface area contributed by atoms with Crippen molar-refractivity contribution in [3.8, 4) is 11.4 Å². The maximum atomic E-state index is 12.1. The molecule has 0 aliphatic rings. The number of carbonyl (C=O) groups is 1. The second-order valence-electron chi connectivity index (χ2n) is 4.95. The smallest absolute Gasteiger partial charge is 0.234 e. The normalized spacial score (nSPS) is 10.8. The fourth-order valence-electron chi connectivity index (χ4n) is 2.08. The van der Waals surface area contributed by atoms with Crippen LogP contribution in [0, 0.1) is 0 Å². The molecule has 0 unspecified atom stereocenters. The Balaban J connectivity index is 1.55. The average molecular weight is 380 g/mol. The quantitative estimate of drug-likeness (QED) is 0.710. The van der Waals surface area contributed by atoms with Gasteiger partial charge in [-0.25, -0.2) is 4.68 Å². The van der Waals surface area contributed by atoms with Crippen LogP contribution in [0.5, 0.6) is 0 Å². The Bertz CT molecular complexity index is 848. The van der Waals surface area contributed by atoms with Crippen LogP contribution in [0.4, 0.5) is 5.69 Å². The van der Waals surface area contributed by atoms with Gasteiger partial charge in [0.05, 0.1) is 10.1 Å². The molecule has 3 rings (SSSR count). The molecule has 0 aliphatic heterocycles. The Morgan fingerprint density at radius 3 is 2.96 bits per heavy atom. The van der Waals surface area contributed by atoms with Gasteiger partial charge < -0.3 is 5.32 Å². The fraction of sp³-hybridized carbons (Fsp3) is 0.200. The molecule has 9 heteroatoms. The number of nitrogens with one attached hydrogen (secondary N) is 1. The van der Waals surface area contributed by atoms with Gasteiger partial charge in [0.1, 0.15) is 0 Å². The Kier molecular flexibility index (Phi) is 5.49. The van der Waals surface area contributed by atoms with Gasteiger partial charge in [0, 0.05) is 28.9 Å². The van der Waals surface area contributed by atoms with E-state index in [4.69, 9.17) is 11.6 Å². The first kappa shape index (κ1) is 16.9. The highest BCUT2D eigenvalue weighted by Crippen LogP contribution is 2.25. The van der Waals surface area contributed by atoms with Crippen LogP contribution in [0.1, 0.15) is 4.88 Å². The van der Waals surface area contributed by atoms with Crippen LogP contribution in [-0.2, 0) is 17.6 Å². The number of thioether (sulfide) groups is 1. The number of amides is 1. The second-order valence-corrected chi connectivity index (χ2v) is 7.74. The Labute approximate surface area is 152 Å². The highest BCUT2D eigenvalue weighted by Gasteiger charge is 2.08. The lowest BCUT2D eigenvalue weighted by Gasteiger charge is -2.06. The second kappa shape index (κ2) is 7.78. The molecule has 1 N–H and O–H groups in total. The number of aryl methyl sites for hydroxylation is 1. The monoisotopic (exact) mass is 379 g/mol. The molecule has 2 heterocycles. The minimum Gasteiger partial charge on any atom is -0.325 e. The molecule has 0 aliphatic carbocycles. The lowest BCUT2D eigenvalue weighted by Crippen LogP contribution is -2.14. The van der Waals surface area contributed by atoms with Gasteiger partial charge in [-0.2, -0.15) is 0 Å². The van der Waals surface area contributed by atoms with E-state index in [0.717, 1.165) is 26.2 Å². The van der Waals surface area contributed by atoms with E-state index in [1.54, 1.807) is 23.5 Å². The molecule has 24 heavy (non-hydrogen) atoms. The van der Waals surface area contributed by atoms with Gasteiger partial charge >= 0.3 is 0 Å². The van der Waals surface area contributed by atoms with Crippen LogP contribution in [0.3, 0.4) is 0 Å². The number of benzene rings is 1. The highest BCUT2D eigenvalue weighted by molar-refractivity contribution is 7.99. The molecule has 1 aromatic carbocycles. The molecule has 3 aromatic rings. The van der Waals surface area contributed by atoms with E-state index in [1.165, 1.54) is 11.3 Å². The van der Waals surface area contributed by atoms with Crippen molar-refractivity contribution in [3.05, 3.63) is 45.6 Å². The maximum absolute atomic E-state index is 12.1. The summed E-state index contributed by atoms with van der Waals surface area (Å²) in [7, 11) is 1.77. The van der Waals surface area contributed by atoms with Crippen molar-refractivity contribution >= 4 is 46.3 Å². The summed E-state index contributed by atoms with van der Waals surface area (Å²) in [5.41, 5.74) is 1.57. The molecule has 1 amide bonds. The zero-order valence-electron chi connectivity index (χ0n) is 12.8. The van der Waals surface area contributed by atoms with Crippen LogP contribution in [-0.4, -0.2) is 31.9 Å². The number of hydrogen-bond donors (Lipinski definition) is 1. The van der Waals surface area contributed by atoms with E-state index in [1.807, 2.05) is 36.4 Å². The SMILES string of the molecule is Cn1nnnc1-c1cccc(NC(=O)CSCc2ccc(Cl)s2)c1. The number of rotatable bonds is 6. The molecule has 124 valence electrons. The summed E-state index contributed by atoms with van der Waals surface area (Å²) in [4.78, 5) is 13.2. The van der Waals surface area contributed by atoms with Crippen molar-refractivity contribution in [2.75, 3.05) is 11.1 Å². The third-order valence-corrected chi connectivity index (χ3v) is 5.53. The predicted octanol–water partition coefficient (Wildman–Crippen LogP) is 3.46. The largest absolute Gasteiger partial charge is 0.325 e. The Morgan fingerprint density at radius 2 is 2.25 bits per heavy atom. The van der Waals surface area contributed by atoms with Gasteiger partial charge in [-0.1, -0.05) is 23.7 Å². The third-order valence-electron chi connectivity index (χ3n) is 3.13. The Hall–Kier alpha value is -1.90. The summed E-state index contributed by atoms with van der Waals surface area (Å²) in [6.45, 7) is 0. The van der Waals surface area contributed by atoms with E-state index < -0.39 is 0 Å². The average Bonchev–Trinajstić information content (AvgIpc) is 3.16. The van der Waals surface area contributed by atoms with Gasteiger partial charge in [0.15, 0.2) is 5.82 Å². The first-order chi connectivity index (χ1) is 11.6. The van der Waals surface area contributed by atoms with E-state index in [9.17, 15) is 4.79 Å². The van der Waals surface area contributed by atoms with Crippen molar-refractivity contribution in [1.82, 2.24) is 20.2 Å². The van der Waals surface area contributed by atoms with Gasteiger partial charge in [-0.05, 0) is 34.7 Å². The number of hydrogen-bond acceptors (Lipinski definition) is 6. The van der Waals surface area contributed by atoms with Crippen molar-refractivity contribution < 1.29 is 4.79 Å². The van der Waals surface area contributed by atoms with Crippen molar-refractivity contribution in [2.24, 2.45) is 7.05 Å². The molecule has 6 nitrogen and oxygen atoms in total. The van der Waals surface area contributed by atoms with Gasteiger partial charge in [0.25, 0.3) is 0 Å². The first-order valence-corrected chi connectivity index (χ1v) is 9.41. The molecule has 0 bridgehead atoms. The van der Waals surface area contributed by atoms with Crippen LogP contribution in [0.15, 0.2) is 36.4 Å². The topological polar surface area (TPSA) is 72.7 Å². The number of halogens is 1. The number of nitrogens with zero attached hydrogens (tertiary/aromatic N) is 4. The lowest BCUT2D eigenvalue weighted by molar-refractivity contribution is -0.113. The molecule has 0 saturated carbocycles. The molecule has 0 saturated heterocycles. The summed E-state index contributed by atoms with van der Waals surface area (Å²) in [6, 6.07) is 11.3. The molecule has 0 fully saturated rings. The molecule has 0 atom stereocenters. The fourth-order valence-corrected chi connectivity index (χ4v) is 4.11. The van der Waals surface area contributed by atoms with Gasteiger partial charge in [-0.3, -0.25) is 4.79 Å². The summed E-state index contributed by atoms with van der Waals surface area (Å²) < 4.78 is 2.35. The molecule has 0 spiro atoms. The maximum Gasteiger partial charge on any atom is 0.234 e. The number of thiophene rings is 1. The molecular weight excluding hydrogens is 366 g/mol. The number of tetrazole rings is 1. The van der Waals surface area contributed by atoms with Crippen molar-refractivity contribution in [2.45, 2.75) is 5.75 Å². The standard InChI is InChI=1S/C15H14ClN5OS2/c1-21-15(18-19-20-21)10-3-2-4-11(7-10)17-14(22)9-23-8-12-5-6-13(16)24-12/h2-7H,8-9H2,1H3,(H,17,22). The van der Waals surface area contributed by atoms with Crippen molar-refractivity contribution in [3.63, 3.8) is 0 Å². The summed E-state index contributed by atoms with van der Waals surface area (Å²) in [5, 5.41) is 14.3. The van der Waals surface area contributed by atoms with Gasteiger partial charge in [-0.15, -0.1) is 28.2 Å². The minimum atomic E-state index is -0.0455. The van der Waals surface area contributed by atoms with Crippen LogP contribution in [0.2, 0.25) is 4.34 Å². The highest BCUT2D eigenvalue weighted by atomic mass is 35.5. The number of carbonyl (C=O) groups excluding carboxylic acids is 1. The van der Waals surface area contributed by atoms with Crippen molar-refractivity contribution in [1.29, 1.82) is 0 Å². The zero-order valence-corrected chi connectivity index (χ0v) is 15.2. The van der Waals surface area contributed by atoms with E-state index >= 15 is 0 Å². The molecule has 0 radical (unpaired) electrons. The number of aromatic nitrogens is 4. The van der Waals surface area contributed by atoms with E-state index in [2.05, 4.69) is 20.8 Å².